The van der Waals surface area contributed by atoms with Crippen LogP contribution < -0.4 is 5.73 Å². The molecule has 12 heavy (non-hydrogen) atoms. The molecule has 0 aromatic rings. The van der Waals surface area contributed by atoms with Crippen LogP contribution in [0.25, 0.3) is 0 Å². The molecule has 0 amide bonds. The Hall–Kier alpha value is -0.960. The molecule has 1 atom stereocenters. The van der Waals surface area contributed by atoms with Crippen LogP contribution in [0.5, 0.6) is 0 Å². The molecule has 0 bridgehead atoms. The van der Waals surface area contributed by atoms with Crippen molar-refractivity contribution in [3.63, 3.8) is 0 Å². The van der Waals surface area contributed by atoms with Gasteiger partial charge in [0.25, 0.3) is 0 Å². The summed E-state index contributed by atoms with van der Waals surface area (Å²) in [7, 11) is 0. The van der Waals surface area contributed by atoms with Gasteiger partial charge >= 0.3 is 0 Å². The fourth-order valence-electron chi connectivity index (χ4n) is 0.843. The lowest BCUT2D eigenvalue weighted by molar-refractivity contribution is -0.102. The lowest BCUT2D eigenvalue weighted by atomic mass is 10.0. The van der Waals surface area contributed by atoms with Crippen molar-refractivity contribution in [1.29, 1.82) is 5.41 Å². The van der Waals surface area contributed by atoms with E-state index in [1.54, 1.807) is 0 Å². The Morgan fingerprint density at radius 2 is 2.33 bits per heavy atom. The Kier molecular flexibility index (Phi) is 6.19. The third-order valence-electron chi connectivity index (χ3n) is 1.59. The first-order valence-corrected chi connectivity index (χ1v) is 4.12. The van der Waals surface area contributed by atoms with E-state index < -0.39 is 0 Å². The zero-order chi connectivity index (χ0) is 9.40. The quantitative estimate of drug-likeness (QED) is 0.461. The number of hydrogen-bond donors (Lipinski definition) is 2. The highest BCUT2D eigenvalue weighted by atomic mass is 16.1. The Labute approximate surface area is 73.2 Å². The van der Waals surface area contributed by atoms with E-state index in [1.807, 2.05) is 13.0 Å². The Morgan fingerprint density at radius 3 is 2.83 bits per heavy atom. The van der Waals surface area contributed by atoms with Gasteiger partial charge in [-0.25, -0.2) is 0 Å². The van der Waals surface area contributed by atoms with Gasteiger partial charge in [0.15, 0.2) is 6.29 Å². The second-order valence-corrected chi connectivity index (χ2v) is 2.84. The van der Waals surface area contributed by atoms with E-state index in [4.69, 9.17) is 11.1 Å². The molecular weight excluding hydrogens is 152 g/mol. The molecule has 0 heterocycles. The Bertz CT molecular complexity index is 175. The van der Waals surface area contributed by atoms with Crippen LogP contribution in [0.2, 0.25) is 0 Å². The largest absolute Gasteiger partial charge is 0.330 e. The highest BCUT2D eigenvalue weighted by Crippen LogP contribution is 2.05. The van der Waals surface area contributed by atoms with Crippen molar-refractivity contribution in [3.05, 3.63) is 12.2 Å². The highest BCUT2D eigenvalue weighted by molar-refractivity contribution is 6.32. The standard InChI is InChI=1S/C9H16N2O/c1-8(3-2-6-10)4-5-9(11)7-12/h4-5,7-8,11H,2-3,6,10H2,1H3/b5-4+,11-9?/t8-/m1/s1. The molecule has 0 saturated heterocycles. The first-order chi connectivity index (χ1) is 5.70. The van der Waals surface area contributed by atoms with Gasteiger partial charge in [0.05, 0.1) is 5.71 Å². The van der Waals surface area contributed by atoms with Gasteiger partial charge in [-0.3, -0.25) is 10.2 Å². The second kappa shape index (κ2) is 6.73. The van der Waals surface area contributed by atoms with Crippen LogP contribution in [-0.2, 0) is 4.79 Å². The summed E-state index contributed by atoms with van der Waals surface area (Å²) in [6.45, 7) is 2.74. The van der Waals surface area contributed by atoms with Crippen molar-refractivity contribution in [3.8, 4) is 0 Å². The van der Waals surface area contributed by atoms with Gasteiger partial charge in [0.2, 0.25) is 0 Å². The van der Waals surface area contributed by atoms with Crippen molar-refractivity contribution < 1.29 is 4.79 Å². The summed E-state index contributed by atoms with van der Waals surface area (Å²) in [6.07, 6.45) is 5.94. The minimum Gasteiger partial charge on any atom is -0.330 e. The summed E-state index contributed by atoms with van der Waals surface area (Å²) in [5.74, 6) is 0.397. The Balaban J connectivity index is 3.66. The number of hydrogen-bond acceptors (Lipinski definition) is 3. The monoisotopic (exact) mass is 168 g/mol. The van der Waals surface area contributed by atoms with E-state index in [-0.39, 0.29) is 5.71 Å². The number of carbonyl (C=O) groups is 1. The molecule has 0 aromatic heterocycles. The molecule has 0 unspecified atom stereocenters. The first-order valence-electron chi connectivity index (χ1n) is 4.12. The van der Waals surface area contributed by atoms with Crippen molar-refractivity contribution in [2.75, 3.05) is 6.54 Å². The number of carbonyl (C=O) groups excluding carboxylic acids is 1. The molecule has 0 aliphatic carbocycles. The molecule has 0 aliphatic heterocycles. The molecule has 3 nitrogen and oxygen atoms in total. The Morgan fingerprint density at radius 1 is 1.67 bits per heavy atom. The van der Waals surface area contributed by atoms with Crippen LogP contribution in [0.3, 0.4) is 0 Å². The van der Waals surface area contributed by atoms with Gasteiger partial charge in [-0.2, -0.15) is 0 Å². The number of nitrogens with two attached hydrogens (primary N) is 1. The third-order valence-corrected chi connectivity index (χ3v) is 1.59. The molecule has 3 N–H and O–H groups in total. The third kappa shape index (κ3) is 5.80. The lowest BCUT2D eigenvalue weighted by Crippen LogP contribution is -2.01. The summed E-state index contributed by atoms with van der Waals surface area (Å²) in [6, 6.07) is 0. The number of allylic oxidation sites excluding steroid dienone is 2. The molecule has 0 aromatic carbocycles. The minimum atomic E-state index is 0.0228. The van der Waals surface area contributed by atoms with Crippen molar-refractivity contribution in [2.45, 2.75) is 19.8 Å². The molecule has 0 aliphatic rings. The maximum atomic E-state index is 10.0. The van der Waals surface area contributed by atoms with Crippen LogP contribution in [0.4, 0.5) is 0 Å². The van der Waals surface area contributed by atoms with Crippen LogP contribution in [-0.4, -0.2) is 18.5 Å². The van der Waals surface area contributed by atoms with E-state index in [0.29, 0.717) is 18.7 Å². The average Bonchev–Trinajstić information content (AvgIpc) is 2.10. The normalized spacial score (nSPS) is 13.2. The van der Waals surface area contributed by atoms with Crippen LogP contribution in [0, 0.1) is 11.3 Å². The summed E-state index contributed by atoms with van der Waals surface area (Å²) in [5.41, 5.74) is 5.36. The van der Waals surface area contributed by atoms with Gasteiger partial charge in [-0.15, -0.1) is 0 Å². The molecule has 68 valence electrons. The second-order valence-electron chi connectivity index (χ2n) is 2.84. The number of rotatable bonds is 6. The predicted molar refractivity (Wildman–Crippen MR) is 50.4 cm³/mol. The van der Waals surface area contributed by atoms with E-state index in [1.165, 1.54) is 6.08 Å². The average molecular weight is 168 g/mol. The highest BCUT2D eigenvalue weighted by Gasteiger charge is 1.95. The summed E-state index contributed by atoms with van der Waals surface area (Å²) >= 11 is 0. The topological polar surface area (TPSA) is 66.9 Å². The summed E-state index contributed by atoms with van der Waals surface area (Å²) < 4.78 is 0. The lowest BCUT2D eigenvalue weighted by Gasteiger charge is -2.02. The summed E-state index contributed by atoms with van der Waals surface area (Å²) in [5, 5.41) is 7.03. The van der Waals surface area contributed by atoms with Gasteiger partial charge in [-0.05, 0) is 31.4 Å². The molecule has 0 rings (SSSR count). The molecule has 0 radical (unpaired) electrons. The molecule has 3 heteroatoms. The maximum absolute atomic E-state index is 10.0. The predicted octanol–water partition coefficient (Wildman–Crippen LogP) is 1.14. The van der Waals surface area contributed by atoms with Gasteiger partial charge in [0.1, 0.15) is 0 Å². The van der Waals surface area contributed by atoms with Crippen LogP contribution in [0.15, 0.2) is 12.2 Å². The number of nitrogens with one attached hydrogen (secondary N) is 1. The van der Waals surface area contributed by atoms with Crippen molar-refractivity contribution in [1.82, 2.24) is 0 Å². The van der Waals surface area contributed by atoms with E-state index >= 15 is 0 Å². The van der Waals surface area contributed by atoms with E-state index in [9.17, 15) is 4.79 Å². The minimum absolute atomic E-state index is 0.0228. The van der Waals surface area contributed by atoms with E-state index in [2.05, 4.69) is 0 Å². The van der Waals surface area contributed by atoms with E-state index in [0.717, 1.165) is 12.8 Å². The molecule has 0 saturated carbocycles. The van der Waals surface area contributed by atoms with Crippen molar-refractivity contribution in [2.24, 2.45) is 11.7 Å². The number of aldehydes is 1. The van der Waals surface area contributed by atoms with Crippen LogP contribution >= 0.6 is 0 Å². The fourth-order valence-corrected chi connectivity index (χ4v) is 0.843. The summed E-state index contributed by atoms with van der Waals surface area (Å²) in [4.78, 5) is 10.0. The van der Waals surface area contributed by atoms with Crippen molar-refractivity contribution >= 4 is 12.0 Å². The zero-order valence-electron chi connectivity index (χ0n) is 7.42. The fraction of sp³-hybridized carbons (Fsp3) is 0.556. The SMILES string of the molecule is C[C@@H](/C=C/C(=N)C=O)CCCN. The van der Waals surface area contributed by atoms with Gasteiger partial charge in [-0.1, -0.05) is 13.0 Å². The molecule has 0 spiro atoms. The molecule has 0 fully saturated rings. The first kappa shape index (κ1) is 11.0. The molecular formula is C9H16N2O. The van der Waals surface area contributed by atoms with Gasteiger partial charge < -0.3 is 5.73 Å². The smallest absolute Gasteiger partial charge is 0.167 e. The van der Waals surface area contributed by atoms with Crippen LogP contribution in [0.1, 0.15) is 19.8 Å². The van der Waals surface area contributed by atoms with Gasteiger partial charge in [0, 0.05) is 0 Å². The zero-order valence-corrected chi connectivity index (χ0v) is 7.42. The maximum Gasteiger partial charge on any atom is 0.167 e.